The highest BCUT2D eigenvalue weighted by Gasteiger charge is 1.99. The van der Waals surface area contributed by atoms with E-state index >= 15 is 0 Å². The Balaban J connectivity index is 1.53. The summed E-state index contributed by atoms with van der Waals surface area (Å²) < 4.78 is 5.79. The van der Waals surface area contributed by atoms with E-state index in [-0.39, 0.29) is 6.42 Å². The summed E-state index contributed by atoms with van der Waals surface area (Å²) in [6, 6.07) is 18.7. The number of aliphatic carboxylic acids is 1. The molecule has 26 heavy (non-hydrogen) atoms. The first kappa shape index (κ1) is 20.3. The molecular weight excluding hydrogens is 346 g/mol. The summed E-state index contributed by atoms with van der Waals surface area (Å²) in [5.74, 6) is 2.14. The van der Waals surface area contributed by atoms with E-state index in [0.717, 1.165) is 36.6 Å². The van der Waals surface area contributed by atoms with Gasteiger partial charge in [0.25, 0.3) is 0 Å². The number of hydrogen-bond donors (Lipinski definition) is 2. The molecule has 2 aromatic rings. The van der Waals surface area contributed by atoms with E-state index in [4.69, 9.17) is 9.84 Å². The summed E-state index contributed by atoms with van der Waals surface area (Å²) in [6.07, 6.45) is 2.15. The van der Waals surface area contributed by atoms with E-state index in [0.29, 0.717) is 13.2 Å². The number of hydrogen-bond acceptors (Lipinski definition) is 4. The quantitative estimate of drug-likeness (QED) is 0.520. The summed E-state index contributed by atoms with van der Waals surface area (Å²) >= 11 is 1.88. The van der Waals surface area contributed by atoms with Gasteiger partial charge in [-0.1, -0.05) is 42.5 Å². The van der Waals surface area contributed by atoms with Gasteiger partial charge in [0.2, 0.25) is 0 Å². The predicted octanol–water partition coefficient (Wildman–Crippen LogP) is 4.00. The molecule has 0 aliphatic carbocycles. The molecule has 0 heterocycles. The Morgan fingerprint density at radius 1 is 1.00 bits per heavy atom. The largest absolute Gasteiger partial charge is 0.493 e. The molecule has 0 amide bonds. The average Bonchev–Trinajstić information content (AvgIpc) is 2.66. The Morgan fingerprint density at radius 2 is 1.77 bits per heavy atom. The molecule has 0 bridgehead atoms. The van der Waals surface area contributed by atoms with Gasteiger partial charge < -0.3 is 15.2 Å². The Labute approximate surface area is 160 Å². The van der Waals surface area contributed by atoms with Crippen molar-refractivity contribution in [3.63, 3.8) is 0 Å². The second-order valence-corrected chi connectivity index (χ2v) is 7.13. The number of carboxylic acid groups (broad SMARTS) is 1. The number of rotatable bonds is 13. The summed E-state index contributed by atoms with van der Waals surface area (Å²) in [7, 11) is 0. The highest BCUT2D eigenvalue weighted by atomic mass is 32.2. The topological polar surface area (TPSA) is 58.6 Å². The normalized spacial score (nSPS) is 10.6. The number of aryl methyl sites for hydroxylation is 1. The smallest absolute Gasteiger partial charge is 0.304 e. The third-order valence-corrected chi connectivity index (χ3v) is 4.86. The van der Waals surface area contributed by atoms with E-state index < -0.39 is 5.97 Å². The van der Waals surface area contributed by atoms with E-state index in [1.54, 1.807) is 0 Å². The predicted molar refractivity (Wildman–Crippen MR) is 108 cm³/mol. The molecule has 140 valence electrons. The lowest BCUT2D eigenvalue weighted by atomic mass is 10.1. The van der Waals surface area contributed by atoms with Crippen molar-refractivity contribution in [2.24, 2.45) is 0 Å². The molecule has 0 unspecified atom stereocenters. The third kappa shape index (κ3) is 8.92. The van der Waals surface area contributed by atoms with Gasteiger partial charge >= 0.3 is 5.97 Å². The van der Waals surface area contributed by atoms with Crippen LogP contribution in [-0.4, -0.2) is 36.5 Å². The molecule has 0 fully saturated rings. The van der Waals surface area contributed by atoms with Gasteiger partial charge in [-0.3, -0.25) is 4.79 Å². The minimum absolute atomic E-state index is 0.176. The van der Waals surface area contributed by atoms with Crippen LogP contribution in [0.3, 0.4) is 0 Å². The molecule has 0 atom stereocenters. The van der Waals surface area contributed by atoms with Crippen molar-refractivity contribution in [2.75, 3.05) is 25.4 Å². The number of carbonyl (C=O) groups is 1. The Kier molecular flexibility index (Phi) is 9.69. The Bertz CT molecular complexity index is 631. The molecule has 0 radical (unpaired) electrons. The number of thioether (sulfide) groups is 1. The van der Waals surface area contributed by atoms with Crippen molar-refractivity contribution in [3.05, 3.63) is 65.7 Å². The number of nitrogens with one attached hydrogen (secondary N) is 1. The average molecular weight is 374 g/mol. The van der Waals surface area contributed by atoms with E-state index in [2.05, 4.69) is 41.7 Å². The highest BCUT2D eigenvalue weighted by Crippen LogP contribution is 2.15. The van der Waals surface area contributed by atoms with Gasteiger partial charge in [0, 0.05) is 18.1 Å². The molecule has 4 nitrogen and oxygen atoms in total. The molecule has 0 saturated heterocycles. The van der Waals surface area contributed by atoms with Gasteiger partial charge in [-0.2, -0.15) is 11.8 Å². The van der Waals surface area contributed by atoms with Gasteiger partial charge in [-0.05, 0) is 42.6 Å². The lowest BCUT2D eigenvalue weighted by Crippen LogP contribution is -2.19. The maximum Gasteiger partial charge on any atom is 0.304 e. The molecule has 2 rings (SSSR count). The standard InChI is InChI=1S/C21H27NO3S/c23-21(24)12-14-22-13-4-7-18-8-10-20(11-9-18)25-15-16-26-17-19-5-2-1-3-6-19/h1-3,5-6,8-11,22H,4,7,12-17H2,(H,23,24). The molecule has 0 aliphatic rings. The van der Waals surface area contributed by atoms with Crippen molar-refractivity contribution in [1.82, 2.24) is 5.32 Å². The van der Waals surface area contributed by atoms with E-state index in [1.807, 2.05) is 30.0 Å². The zero-order valence-corrected chi connectivity index (χ0v) is 15.8. The van der Waals surface area contributed by atoms with Crippen LogP contribution in [0.15, 0.2) is 54.6 Å². The molecule has 2 aromatic carbocycles. The first-order chi connectivity index (χ1) is 12.7. The van der Waals surface area contributed by atoms with Crippen LogP contribution < -0.4 is 10.1 Å². The lowest BCUT2D eigenvalue weighted by molar-refractivity contribution is -0.136. The van der Waals surface area contributed by atoms with Crippen LogP contribution in [0.4, 0.5) is 0 Å². The molecule has 0 saturated carbocycles. The number of benzene rings is 2. The fraction of sp³-hybridized carbons (Fsp3) is 0.381. The van der Waals surface area contributed by atoms with Crippen LogP contribution in [0.5, 0.6) is 5.75 Å². The molecule has 5 heteroatoms. The minimum Gasteiger partial charge on any atom is -0.493 e. The van der Waals surface area contributed by atoms with E-state index in [1.165, 1.54) is 11.1 Å². The Hall–Kier alpha value is -1.98. The molecule has 0 aromatic heterocycles. The number of ether oxygens (including phenoxy) is 1. The molecule has 0 aliphatic heterocycles. The Morgan fingerprint density at radius 3 is 2.50 bits per heavy atom. The second kappa shape index (κ2) is 12.4. The first-order valence-corrected chi connectivity index (χ1v) is 10.2. The molecule has 2 N–H and O–H groups in total. The van der Waals surface area contributed by atoms with Gasteiger partial charge in [0.1, 0.15) is 5.75 Å². The van der Waals surface area contributed by atoms with Crippen molar-refractivity contribution in [2.45, 2.75) is 25.0 Å². The number of carboxylic acids is 1. The van der Waals surface area contributed by atoms with Crippen molar-refractivity contribution >= 4 is 17.7 Å². The van der Waals surface area contributed by atoms with E-state index in [9.17, 15) is 4.79 Å². The summed E-state index contributed by atoms with van der Waals surface area (Å²) in [5.41, 5.74) is 2.62. The summed E-state index contributed by atoms with van der Waals surface area (Å²) in [5, 5.41) is 11.7. The van der Waals surface area contributed by atoms with Crippen LogP contribution in [0.25, 0.3) is 0 Å². The van der Waals surface area contributed by atoms with Crippen molar-refractivity contribution < 1.29 is 14.6 Å². The van der Waals surface area contributed by atoms with Gasteiger partial charge in [0.15, 0.2) is 0 Å². The second-order valence-electron chi connectivity index (χ2n) is 6.03. The molecule has 0 spiro atoms. The van der Waals surface area contributed by atoms with Crippen LogP contribution >= 0.6 is 11.8 Å². The summed E-state index contributed by atoms with van der Waals surface area (Å²) in [4.78, 5) is 10.4. The van der Waals surface area contributed by atoms with Crippen LogP contribution in [-0.2, 0) is 17.0 Å². The zero-order valence-electron chi connectivity index (χ0n) is 15.0. The zero-order chi connectivity index (χ0) is 18.5. The first-order valence-electron chi connectivity index (χ1n) is 9.00. The van der Waals surface area contributed by atoms with Gasteiger partial charge in [-0.15, -0.1) is 0 Å². The van der Waals surface area contributed by atoms with Crippen molar-refractivity contribution in [1.29, 1.82) is 0 Å². The van der Waals surface area contributed by atoms with Crippen LogP contribution in [0.2, 0.25) is 0 Å². The van der Waals surface area contributed by atoms with Gasteiger partial charge in [0.05, 0.1) is 13.0 Å². The minimum atomic E-state index is -0.758. The summed E-state index contributed by atoms with van der Waals surface area (Å²) in [6.45, 7) is 2.08. The lowest BCUT2D eigenvalue weighted by Gasteiger charge is -2.08. The highest BCUT2D eigenvalue weighted by molar-refractivity contribution is 7.98. The van der Waals surface area contributed by atoms with Crippen LogP contribution in [0.1, 0.15) is 24.0 Å². The monoisotopic (exact) mass is 373 g/mol. The fourth-order valence-corrected chi connectivity index (χ4v) is 3.25. The van der Waals surface area contributed by atoms with Crippen LogP contribution in [0, 0.1) is 0 Å². The van der Waals surface area contributed by atoms with Crippen molar-refractivity contribution in [3.8, 4) is 5.75 Å². The SMILES string of the molecule is O=C(O)CCNCCCc1ccc(OCCSCc2ccccc2)cc1. The third-order valence-electron chi connectivity index (χ3n) is 3.87. The maximum atomic E-state index is 10.4. The van der Waals surface area contributed by atoms with Gasteiger partial charge in [-0.25, -0.2) is 0 Å². The maximum absolute atomic E-state index is 10.4. The molecular formula is C21H27NO3S. The fourth-order valence-electron chi connectivity index (χ4n) is 2.47.